The molecule has 1 heterocycles. The van der Waals surface area contributed by atoms with Crippen LogP contribution in [0.3, 0.4) is 0 Å². The molecule has 1 atom stereocenters. The van der Waals surface area contributed by atoms with Crippen LogP contribution in [0.2, 0.25) is 0 Å². The topological polar surface area (TPSA) is 49.4 Å². The van der Waals surface area contributed by atoms with Crippen LogP contribution in [0.1, 0.15) is 30.9 Å². The Bertz CT molecular complexity index is 563. The third kappa shape index (κ3) is 3.05. The van der Waals surface area contributed by atoms with Gasteiger partial charge in [0.25, 0.3) is 0 Å². The number of hydrogen-bond acceptors (Lipinski definition) is 3. The molecular formula is C15H24N2O2S. The van der Waals surface area contributed by atoms with E-state index >= 15 is 0 Å². The third-order valence-corrected chi connectivity index (χ3v) is 5.91. The number of rotatable bonds is 5. The van der Waals surface area contributed by atoms with Gasteiger partial charge in [-0.2, -0.15) is 4.31 Å². The Balaban J connectivity index is 2.39. The van der Waals surface area contributed by atoms with Gasteiger partial charge in [0.2, 0.25) is 10.0 Å². The van der Waals surface area contributed by atoms with E-state index in [2.05, 4.69) is 5.32 Å². The van der Waals surface area contributed by atoms with Crippen LogP contribution >= 0.6 is 0 Å². The molecular weight excluding hydrogens is 272 g/mol. The molecule has 5 heteroatoms. The largest absolute Gasteiger partial charge is 0.315 e. The van der Waals surface area contributed by atoms with Crippen LogP contribution in [-0.4, -0.2) is 38.4 Å². The van der Waals surface area contributed by atoms with E-state index in [0.717, 1.165) is 37.1 Å². The number of benzene rings is 1. The minimum atomic E-state index is -3.40. The Morgan fingerprint density at radius 3 is 2.65 bits per heavy atom. The minimum absolute atomic E-state index is 0.0839. The summed E-state index contributed by atoms with van der Waals surface area (Å²) >= 11 is 0. The molecule has 1 unspecified atom stereocenters. The highest BCUT2D eigenvalue weighted by Crippen LogP contribution is 2.24. The molecule has 112 valence electrons. The van der Waals surface area contributed by atoms with Crippen LogP contribution in [0.5, 0.6) is 0 Å². The first-order valence-electron chi connectivity index (χ1n) is 7.26. The van der Waals surface area contributed by atoms with Gasteiger partial charge in [0.15, 0.2) is 0 Å². The van der Waals surface area contributed by atoms with Crippen molar-refractivity contribution in [3.63, 3.8) is 0 Å². The second kappa shape index (κ2) is 6.24. The Labute approximate surface area is 122 Å². The van der Waals surface area contributed by atoms with Crippen LogP contribution in [-0.2, 0) is 10.0 Å². The number of sulfonamides is 1. The normalized spacial score (nSPS) is 19.7. The summed E-state index contributed by atoms with van der Waals surface area (Å²) < 4.78 is 27.6. The van der Waals surface area contributed by atoms with E-state index < -0.39 is 10.0 Å². The van der Waals surface area contributed by atoms with Gasteiger partial charge in [-0.3, -0.25) is 0 Å². The van der Waals surface area contributed by atoms with E-state index in [0.29, 0.717) is 11.4 Å². The van der Waals surface area contributed by atoms with E-state index in [1.54, 1.807) is 10.4 Å². The first kappa shape index (κ1) is 15.5. The van der Waals surface area contributed by atoms with Gasteiger partial charge in [0.05, 0.1) is 4.90 Å². The average Bonchev–Trinajstić information content (AvgIpc) is 2.88. The molecule has 1 aliphatic rings. The summed E-state index contributed by atoms with van der Waals surface area (Å²) in [6, 6.07) is 5.63. The molecule has 1 saturated heterocycles. The van der Waals surface area contributed by atoms with Crippen LogP contribution in [0.25, 0.3) is 0 Å². The standard InChI is InChI=1S/C15H24N2O2S/c1-4-9-17(14-7-8-16-11-14)20(18,19)15-6-5-12(2)10-13(15)3/h5-6,10,14,16H,4,7-9,11H2,1-3H3. The molecule has 1 aromatic carbocycles. The van der Waals surface area contributed by atoms with Gasteiger partial charge in [-0.25, -0.2) is 8.42 Å². The Kier molecular flexibility index (Phi) is 4.83. The highest BCUT2D eigenvalue weighted by Gasteiger charge is 2.33. The lowest BCUT2D eigenvalue weighted by Crippen LogP contribution is -2.42. The summed E-state index contributed by atoms with van der Waals surface area (Å²) in [4.78, 5) is 0.448. The van der Waals surface area contributed by atoms with Crippen molar-refractivity contribution in [1.29, 1.82) is 0 Å². The molecule has 0 bridgehead atoms. The number of aryl methyl sites for hydroxylation is 2. The molecule has 0 aromatic heterocycles. The second-order valence-corrected chi connectivity index (χ2v) is 7.39. The molecule has 0 aliphatic carbocycles. The lowest BCUT2D eigenvalue weighted by Gasteiger charge is -2.28. The van der Waals surface area contributed by atoms with Crippen LogP contribution < -0.4 is 5.32 Å². The Morgan fingerprint density at radius 1 is 1.35 bits per heavy atom. The van der Waals surface area contributed by atoms with Gasteiger partial charge in [0, 0.05) is 19.1 Å². The summed E-state index contributed by atoms with van der Waals surface area (Å²) in [5.74, 6) is 0. The Hall–Kier alpha value is -0.910. The van der Waals surface area contributed by atoms with Gasteiger partial charge in [0.1, 0.15) is 0 Å². The van der Waals surface area contributed by atoms with Gasteiger partial charge in [-0.1, -0.05) is 24.6 Å². The number of nitrogens with zero attached hydrogens (tertiary/aromatic N) is 1. The molecule has 0 radical (unpaired) electrons. The molecule has 0 amide bonds. The lowest BCUT2D eigenvalue weighted by atomic mass is 10.2. The van der Waals surface area contributed by atoms with E-state index in [9.17, 15) is 8.42 Å². The summed E-state index contributed by atoms with van der Waals surface area (Å²) in [6.07, 6.45) is 1.73. The second-order valence-electron chi connectivity index (χ2n) is 5.53. The van der Waals surface area contributed by atoms with E-state index in [1.807, 2.05) is 32.9 Å². The van der Waals surface area contributed by atoms with Crippen molar-refractivity contribution in [2.45, 2.75) is 44.6 Å². The lowest BCUT2D eigenvalue weighted by molar-refractivity contribution is 0.335. The molecule has 0 spiro atoms. The van der Waals surface area contributed by atoms with E-state index in [4.69, 9.17) is 0 Å². The van der Waals surface area contributed by atoms with Crippen molar-refractivity contribution in [1.82, 2.24) is 9.62 Å². The molecule has 4 nitrogen and oxygen atoms in total. The SMILES string of the molecule is CCCN(C1CCNC1)S(=O)(=O)c1ccc(C)cc1C. The van der Waals surface area contributed by atoms with Crippen molar-refractivity contribution in [2.75, 3.05) is 19.6 Å². The first-order chi connectivity index (χ1) is 9.46. The zero-order valence-electron chi connectivity index (χ0n) is 12.5. The van der Waals surface area contributed by atoms with Gasteiger partial charge < -0.3 is 5.32 Å². The van der Waals surface area contributed by atoms with Gasteiger partial charge in [-0.15, -0.1) is 0 Å². The van der Waals surface area contributed by atoms with Crippen LogP contribution in [0.4, 0.5) is 0 Å². The predicted molar refractivity (Wildman–Crippen MR) is 81.4 cm³/mol. The molecule has 1 aliphatic heterocycles. The summed E-state index contributed by atoms with van der Waals surface area (Å²) in [7, 11) is -3.40. The van der Waals surface area contributed by atoms with E-state index in [-0.39, 0.29) is 6.04 Å². The molecule has 2 rings (SSSR count). The molecule has 1 aromatic rings. The maximum Gasteiger partial charge on any atom is 0.243 e. The number of nitrogens with one attached hydrogen (secondary N) is 1. The van der Waals surface area contributed by atoms with Crippen LogP contribution in [0.15, 0.2) is 23.1 Å². The maximum atomic E-state index is 12.9. The minimum Gasteiger partial charge on any atom is -0.315 e. The number of hydrogen-bond donors (Lipinski definition) is 1. The van der Waals surface area contributed by atoms with Crippen molar-refractivity contribution in [3.8, 4) is 0 Å². The zero-order chi connectivity index (χ0) is 14.8. The fourth-order valence-electron chi connectivity index (χ4n) is 2.82. The van der Waals surface area contributed by atoms with Gasteiger partial charge >= 0.3 is 0 Å². The summed E-state index contributed by atoms with van der Waals surface area (Å²) in [5, 5.41) is 3.25. The van der Waals surface area contributed by atoms with Crippen molar-refractivity contribution in [3.05, 3.63) is 29.3 Å². The third-order valence-electron chi connectivity index (χ3n) is 3.80. The monoisotopic (exact) mass is 296 g/mol. The Morgan fingerprint density at radius 2 is 2.10 bits per heavy atom. The van der Waals surface area contributed by atoms with Crippen molar-refractivity contribution >= 4 is 10.0 Å². The highest BCUT2D eigenvalue weighted by atomic mass is 32.2. The smallest absolute Gasteiger partial charge is 0.243 e. The average molecular weight is 296 g/mol. The molecule has 1 fully saturated rings. The fraction of sp³-hybridized carbons (Fsp3) is 0.600. The van der Waals surface area contributed by atoms with Crippen molar-refractivity contribution < 1.29 is 8.42 Å². The molecule has 20 heavy (non-hydrogen) atoms. The molecule has 1 N–H and O–H groups in total. The molecule has 0 saturated carbocycles. The maximum absolute atomic E-state index is 12.9. The first-order valence-corrected chi connectivity index (χ1v) is 8.70. The fourth-order valence-corrected chi connectivity index (χ4v) is 4.77. The predicted octanol–water partition coefficient (Wildman–Crippen LogP) is 2.07. The quantitative estimate of drug-likeness (QED) is 0.905. The van der Waals surface area contributed by atoms with Crippen LogP contribution in [0, 0.1) is 13.8 Å². The zero-order valence-corrected chi connectivity index (χ0v) is 13.3. The van der Waals surface area contributed by atoms with Crippen molar-refractivity contribution in [2.24, 2.45) is 0 Å². The summed E-state index contributed by atoms with van der Waals surface area (Å²) in [6.45, 7) is 8.11. The summed E-state index contributed by atoms with van der Waals surface area (Å²) in [5.41, 5.74) is 1.92. The van der Waals surface area contributed by atoms with Gasteiger partial charge in [-0.05, 0) is 44.9 Å². The van der Waals surface area contributed by atoms with E-state index in [1.165, 1.54) is 0 Å². The highest BCUT2D eigenvalue weighted by molar-refractivity contribution is 7.89.